The summed E-state index contributed by atoms with van der Waals surface area (Å²) in [6.45, 7) is 5.44. The van der Waals surface area contributed by atoms with Crippen LogP contribution in [0.3, 0.4) is 0 Å². The molecule has 27 heavy (non-hydrogen) atoms. The summed E-state index contributed by atoms with van der Waals surface area (Å²) in [4.78, 5) is 13.2. The number of hydrogen-bond acceptors (Lipinski definition) is 3. The number of hydrogen-bond donors (Lipinski definition) is 1. The van der Waals surface area contributed by atoms with Crippen LogP contribution in [0.2, 0.25) is 0 Å². The van der Waals surface area contributed by atoms with Gasteiger partial charge in [-0.05, 0) is 49.4 Å². The Balaban J connectivity index is 1.76. The van der Waals surface area contributed by atoms with Crippen LogP contribution in [-0.2, 0) is 14.8 Å². The van der Waals surface area contributed by atoms with Gasteiger partial charge in [0.15, 0.2) is 0 Å². The molecule has 138 valence electrons. The van der Waals surface area contributed by atoms with Gasteiger partial charge in [-0.15, -0.1) is 0 Å². The zero-order chi connectivity index (χ0) is 19.3. The second-order valence-corrected chi connectivity index (χ2v) is 8.65. The highest BCUT2D eigenvalue weighted by Crippen LogP contribution is 2.43. The van der Waals surface area contributed by atoms with Crippen LogP contribution >= 0.6 is 0 Å². The predicted octanol–water partition coefficient (Wildman–Crippen LogP) is 3.99. The first-order chi connectivity index (χ1) is 12.8. The van der Waals surface area contributed by atoms with Gasteiger partial charge in [-0.2, -0.15) is 0 Å². The molecule has 1 aliphatic heterocycles. The van der Waals surface area contributed by atoms with E-state index in [9.17, 15) is 13.2 Å². The van der Waals surface area contributed by atoms with Crippen molar-refractivity contribution in [1.82, 2.24) is 0 Å². The second-order valence-electron chi connectivity index (χ2n) is 6.86. The van der Waals surface area contributed by atoms with Gasteiger partial charge in [0.25, 0.3) is 10.0 Å². The minimum atomic E-state index is -3.78. The maximum Gasteiger partial charge on any atom is 0.265 e. The minimum Gasteiger partial charge on any atom is -0.324 e. The topological polar surface area (TPSA) is 66.5 Å². The lowest BCUT2D eigenvalue weighted by Crippen LogP contribution is -2.44. The molecule has 0 aromatic heterocycles. The van der Waals surface area contributed by atoms with E-state index < -0.39 is 16.1 Å². The van der Waals surface area contributed by atoms with E-state index in [1.165, 1.54) is 4.31 Å². The highest BCUT2D eigenvalue weighted by Gasteiger charge is 2.40. The molecule has 0 saturated heterocycles. The van der Waals surface area contributed by atoms with Crippen LogP contribution in [0.15, 0.2) is 59.5 Å². The lowest BCUT2D eigenvalue weighted by atomic mass is 10.1. The lowest BCUT2D eigenvalue weighted by Gasteiger charge is -2.26. The Kier molecular flexibility index (Phi) is 3.96. The molecule has 0 saturated carbocycles. The van der Waals surface area contributed by atoms with Crippen molar-refractivity contribution in [3.8, 4) is 0 Å². The summed E-state index contributed by atoms with van der Waals surface area (Å²) < 4.78 is 27.5. The number of carbonyl (C=O) groups excluding carboxylic acids is 1. The fraction of sp³-hybridized carbons (Fsp3) is 0.190. The van der Waals surface area contributed by atoms with Crippen molar-refractivity contribution in [2.24, 2.45) is 0 Å². The molecule has 0 radical (unpaired) electrons. The van der Waals surface area contributed by atoms with Gasteiger partial charge in [-0.3, -0.25) is 9.10 Å². The molecular formula is C21H20N2O3S. The summed E-state index contributed by atoms with van der Waals surface area (Å²) in [5.74, 6) is -0.360. The SMILES string of the molecule is Cc1cccc(C)c1NC(=O)[C@H](C)N1c2cccc3cccc(c23)S1(=O)=O. The molecule has 0 bridgehead atoms. The Bertz CT molecular complexity index is 1160. The Hall–Kier alpha value is -2.86. The Morgan fingerprint density at radius 1 is 0.963 bits per heavy atom. The smallest absolute Gasteiger partial charge is 0.265 e. The minimum absolute atomic E-state index is 0.252. The van der Waals surface area contributed by atoms with Crippen LogP contribution in [-0.4, -0.2) is 20.4 Å². The number of rotatable bonds is 3. The third-order valence-electron chi connectivity index (χ3n) is 5.08. The van der Waals surface area contributed by atoms with Crippen molar-refractivity contribution >= 4 is 38.1 Å². The van der Waals surface area contributed by atoms with Crippen LogP contribution in [0.25, 0.3) is 10.8 Å². The van der Waals surface area contributed by atoms with Gasteiger partial charge in [0.05, 0.1) is 10.6 Å². The van der Waals surface area contributed by atoms with Crippen LogP contribution < -0.4 is 9.62 Å². The molecule has 0 fully saturated rings. The zero-order valence-corrected chi connectivity index (χ0v) is 16.2. The average molecular weight is 380 g/mol. The molecule has 0 spiro atoms. The predicted molar refractivity (Wildman–Crippen MR) is 108 cm³/mol. The number of nitrogens with zero attached hydrogens (tertiary/aromatic N) is 1. The number of nitrogens with one attached hydrogen (secondary N) is 1. The summed E-state index contributed by atoms with van der Waals surface area (Å²) in [7, 11) is -3.78. The highest BCUT2D eigenvalue weighted by atomic mass is 32.2. The van der Waals surface area contributed by atoms with E-state index in [1.807, 2.05) is 50.2 Å². The number of carbonyl (C=O) groups is 1. The Morgan fingerprint density at radius 2 is 1.56 bits per heavy atom. The van der Waals surface area contributed by atoms with E-state index in [2.05, 4.69) is 5.32 Å². The third kappa shape index (κ3) is 2.59. The van der Waals surface area contributed by atoms with Crippen LogP contribution in [0.5, 0.6) is 0 Å². The Labute approximate surface area is 158 Å². The monoisotopic (exact) mass is 380 g/mol. The van der Waals surface area contributed by atoms with Gasteiger partial charge < -0.3 is 5.32 Å². The zero-order valence-electron chi connectivity index (χ0n) is 15.4. The fourth-order valence-corrected chi connectivity index (χ4v) is 5.55. The van der Waals surface area contributed by atoms with Crippen molar-refractivity contribution in [2.45, 2.75) is 31.7 Å². The molecule has 3 aromatic rings. The van der Waals surface area contributed by atoms with E-state index in [4.69, 9.17) is 0 Å². The van der Waals surface area contributed by atoms with Gasteiger partial charge in [-0.1, -0.05) is 42.5 Å². The number of amides is 1. The van der Waals surface area contributed by atoms with Crippen molar-refractivity contribution in [3.05, 3.63) is 65.7 Å². The Morgan fingerprint density at radius 3 is 2.22 bits per heavy atom. The molecule has 5 nitrogen and oxygen atoms in total. The summed E-state index contributed by atoms with van der Waals surface area (Å²) >= 11 is 0. The number of sulfonamides is 1. The van der Waals surface area contributed by atoms with Gasteiger partial charge in [0.1, 0.15) is 6.04 Å². The first kappa shape index (κ1) is 17.5. The van der Waals surface area contributed by atoms with Gasteiger partial charge >= 0.3 is 0 Å². The van der Waals surface area contributed by atoms with E-state index in [0.29, 0.717) is 11.1 Å². The summed E-state index contributed by atoms with van der Waals surface area (Å²) in [5.41, 5.74) is 3.14. The number of benzene rings is 3. The molecule has 0 unspecified atom stereocenters. The lowest BCUT2D eigenvalue weighted by molar-refractivity contribution is -0.116. The fourth-order valence-electron chi connectivity index (χ4n) is 3.68. The van der Waals surface area contributed by atoms with E-state index >= 15 is 0 Å². The molecule has 1 aliphatic rings. The van der Waals surface area contributed by atoms with Crippen molar-refractivity contribution in [2.75, 3.05) is 9.62 Å². The van der Waals surface area contributed by atoms with Crippen LogP contribution in [0.1, 0.15) is 18.1 Å². The molecule has 0 aliphatic carbocycles. The molecule has 1 atom stereocenters. The first-order valence-electron chi connectivity index (χ1n) is 8.75. The first-order valence-corrected chi connectivity index (χ1v) is 10.2. The molecule has 1 heterocycles. The largest absolute Gasteiger partial charge is 0.324 e. The summed E-state index contributed by atoms with van der Waals surface area (Å²) in [6, 6.07) is 15.5. The number of para-hydroxylation sites is 1. The van der Waals surface area contributed by atoms with E-state index in [0.717, 1.165) is 22.2 Å². The third-order valence-corrected chi connectivity index (χ3v) is 7.01. The van der Waals surface area contributed by atoms with E-state index in [1.54, 1.807) is 25.1 Å². The summed E-state index contributed by atoms with van der Waals surface area (Å²) in [5, 5.41) is 4.43. The maximum absolute atomic E-state index is 13.1. The van der Waals surface area contributed by atoms with Crippen LogP contribution in [0.4, 0.5) is 11.4 Å². The molecule has 1 amide bonds. The van der Waals surface area contributed by atoms with E-state index in [-0.39, 0.29) is 10.8 Å². The standard InChI is InChI=1S/C21H20N2O3S/c1-13-7-4-8-14(2)20(13)22-21(24)15(3)23-17-11-5-9-16-10-6-12-18(19(16)17)27(23,25)26/h4-12,15H,1-3H3,(H,22,24)/t15-/m0/s1. The summed E-state index contributed by atoms with van der Waals surface area (Å²) in [6.07, 6.45) is 0. The highest BCUT2D eigenvalue weighted by molar-refractivity contribution is 7.93. The molecule has 1 N–H and O–H groups in total. The average Bonchev–Trinajstić information content (AvgIpc) is 2.87. The van der Waals surface area contributed by atoms with Gasteiger partial charge in [0, 0.05) is 11.1 Å². The van der Waals surface area contributed by atoms with Crippen molar-refractivity contribution in [1.29, 1.82) is 0 Å². The normalized spacial score (nSPS) is 15.7. The molecule has 3 aromatic carbocycles. The van der Waals surface area contributed by atoms with Crippen LogP contribution in [0, 0.1) is 13.8 Å². The van der Waals surface area contributed by atoms with Crippen molar-refractivity contribution < 1.29 is 13.2 Å². The van der Waals surface area contributed by atoms with Crippen molar-refractivity contribution in [3.63, 3.8) is 0 Å². The quantitative estimate of drug-likeness (QED) is 0.747. The van der Waals surface area contributed by atoms with Gasteiger partial charge in [0.2, 0.25) is 5.91 Å². The molecular weight excluding hydrogens is 360 g/mol. The molecule has 6 heteroatoms. The molecule has 4 rings (SSSR count). The number of anilines is 2. The van der Waals surface area contributed by atoms with Gasteiger partial charge in [-0.25, -0.2) is 8.42 Å². The number of aryl methyl sites for hydroxylation is 2. The maximum atomic E-state index is 13.1. The second kappa shape index (κ2) is 6.09.